The van der Waals surface area contributed by atoms with Gasteiger partial charge < -0.3 is 19.5 Å². The van der Waals surface area contributed by atoms with Crippen LogP contribution >= 0.6 is 0 Å². The molecule has 138 valence electrons. The normalized spacial score (nSPS) is 11.6. The summed E-state index contributed by atoms with van der Waals surface area (Å²) in [6, 6.07) is 11.3. The molecule has 6 nitrogen and oxygen atoms in total. The number of carbonyl (C=O) groups is 2. The average molecular weight is 369 g/mol. The van der Waals surface area contributed by atoms with Gasteiger partial charge in [-0.25, -0.2) is 9.18 Å². The van der Waals surface area contributed by atoms with E-state index in [2.05, 4.69) is 0 Å². The molecule has 0 bridgehead atoms. The van der Waals surface area contributed by atoms with E-state index in [0.717, 1.165) is 0 Å². The molecule has 0 radical (unpaired) electrons. The van der Waals surface area contributed by atoms with Crippen molar-refractivity contribution in [3.05, 3.63) is 71.7 Å². The van der Waals surface area contributed by atoms with E-state index in [-0.39, 0.29) is 11.4 Å². The van der Waals surface area contributed by atoms with Gasteiger partial charge in [-0.15, -0.1) is 0 Å². The first-order valence-electron chi connectivity index (χ1n) is 7.99. The average Bonchev–Trinajstić information content (AvgIpc) is 3.00. The maximum atomic E-state index is 13.5. The summed E-state index contributed by atoms with van der Waals surface area (Å²) in [6.45, 7) is 0.307. The molecule has 0 saturated carbocycles. The number of ether oxygens (including phenoxy) is 1. The van der Waals surface area contributed by atoms with Crippen LogP contribution in [0.3, 0.4) is 0 Å². The molecule has 0 unspecified atom stereocenters. The van der Waals surface area contributed by atoms with Crippen molar-refractivity contribution in [1.82, 2.24) is 4.57 Å². The largest absolute Gasteiger partial charge is 0.507 e. The van der Waals surface area contributed by atoms with E-state index in [0.29, 0.717) is 34.8 Å². The van der Waals surface area contributed by atoms with Gasteiger partial charge >= 0.3 is 5.97 Å². The molecular formula is C20H16FNO5. The van der Waals surface area contributed by atoms with Gasteiger partial charge in [0.15, 0.2) is 0 Å². The molecule has 7 heteroatoms. The molecule has 3 rings (SSSR count). The number of aliphatic carboxylic acids is 1. The van der Waals surface area contributed by atoms with Crippen LogP contribution in [0.2, 0.25) is 0 Å². The minimum atomic E-state index is -1.67. The number of hydrogen-bond acceptors (Lipinski definition) is 4. The molecule has 27 heavy (non-hydrogen) atoms. The molecule has 2 aromatic carbocycles. The third-order valence-electron chi connectivity index (χ3n) is 4.08. The minimum absolute atomic E-state index is 0.244. The smallest absolute Gasteiger partial charge is 0.376 e. The molecule has 1 heterocycles. The first-order chi connectivity index (χ1) is 12.9. The van der Waals surface area contributed by atoms with Crippen LogP contribution in [-0.4, -0.2) is 33.6 Å². The number of halogens is 1. The Morgan fingerprint density at radius 2 is 1.93 bits per heavy atom. The van der Waals surface area contributed by atoms with Gasteiger partial charge in [-0.1, -0.05) is 18.2 Å². The topological polar surface area (TPSA) is 88.8 Å². The fourth-order valence-corrected chi connectivity index (χ4v) is 2.91. The van der Waals surface area contributed by atoms with Gasteiger partial charge in [-0.2, -0.15) is 0 Å². The van der Waals surface area contributed by atoms with E-state index in [4.69, 9.17) is 9.84 Å². The summed E-state index contributed by atoms with van der Waals surface area (Å²) < 4.78 is 20.6. The summed E-state index contributed by atoms with van der Waals surface area (Å²) in [7, 11) is 1.46. The summed E-state index contributed by atoms with van der Waals surface area (Å²) >= 11 is 0. The van der Waals surface area contributed by atoms with Crippen molar-refractivity contribution in [1.29, 1.82) is 0 Å². The fourth-order valence-electron chi connectivity index (χ4n) is 2.91. The predicted octanol–water partition coefficient (Wildman–Crippen LogP) is 3.39. The Hall–Kier alpha value is -3.61. The number of benzene rings is 2. The fraction of sp³-hybridized carbons (Fsp3) is 0.100. The predicted molar refractivity (Wildman–Crippen MR) is 97.2 cm³/mol. The molecule has 1 aromatic heterocycles. The van der Waals surface area contributed by atoms with Gasteiger partial charge in [0.05, 0.1) is 18.0 Å². The molecule has 0 amide bonds. The Morgan fingerprint density at radius 1 is 1.19 bits per heavy atom. The van der Waals surface area contributed by atoms with Gasteiger partial charge in [0, 0.05) is 24.4 Å². The maximum absolute atomic E-state index is 13.5. The molecule has 0 saturated heterocycles. The summed E-state index contributed by atoms with van der Waals surface area (Å²) in [6.07, 6.45) is 2.22. The van der Waals surface area contributed by atoms with Crippen molar-refractivity contribution in [3.8, 4) is 5.75 Å². The van der Waals surface area contributed by atoms with Gasteiger partial charge in [-0.3, -0.25) is 4.79 Å². The van der Waals surface area contributed by atoms with Gasteiger partial charge in [0.25, 0.3) is 5.78 Å². The standard InChI is InChI=1S/C20H16FNO5/c1-27-18-7-3-6-15-19(18)14(16(23)9-17(24)20(25)26)11-22(15)10-12-4-2-5-13(21)8-12/h2-9,11,23H,10H2,1H3,(H,25,26)/b16-9+. The minimum Gasteiger partial charge on any atom is -0.507 e. The van der Waals surface area contributed by atoms with Crippen LogP contribution in [0.25, 0.3) is 16.7 Å². The number of ketones is 1. The highest BCUT2D eigenvalue weighted by molar-refractivity contribution is 6.38. The molecule has 0 atom stereocenters. The van der Waals surface area contributed by atoms with Crippen molar-refractivity contribution in [2.24, 2.45) is 0 Å². The SMILES string of the molecule is COc1cccc2c1c(/C(O)=C\C(=O)C(=O)O)cn2Cc1cccc(F)c1. The number of carboxylic acid groups (broad SMARTS) is 1. The molecule has 0 aliphatic heterocycles. The number of aliphatic hydroxyl groups is 1. The lowest BCUT2D eigenvalue weighted by atomic mass is 10.1. The quantitative estimate of drug-likeness (QED) is 0.395. The maximum Gasteiger partial charge on any atom is 0.376 e. The molecule has 0 aliphatic rings. The Bertz CT molecular complexity index is 1070. The number of aliphatic hydroxyl groups excluding tert-OH is 1. The highest BCUT2D eigenvalue weighted by Gasteiger charge is 2.18. The van der Waals surface area contributed by atoms with Crippen molar-refractivity contribution in [2.45, 2.75) is 6.54 Å². The molecule has 0 spiro atoms. The lowest BCUT2D eigenvalue weighted by Crippen LogP contribution is -2.09. The third-order valence-corrected chi connectivity index (χ3v) is 4.08. The van der Waals surface area contributed by atoms with Gasteiger partial charge in [0.2, 0.25) is 0 Å². The number of fused-ring (bicyclic) bond motifs is 1. The number of aromatic nitrogens is 1. The first kappa shape index (κ1) is 18.2. The molecule has 3 aromatic rings. The lowest BCUT2D eigenvalue weighted by molar-refractivity contribution is -0.146. The second kappa shape index (κ2) is 7.33. The zero-order chi connectivity index (χ0) is 19.6. The van der Waals surface area contributed by atoms with E-state index < -0.39 is 17.5 Å². The van der Waals surface area contributed by atoms with Crippen molar-refractivity contribution in [2.75, 3.05) is 7.11 Å². The van der Waals surface area contributed by atoms with E-state index in [1.165, 1.54) is 19.2 Å². The zero-order valence-corrected chi connectivity index (χ0v) is 14.3. The Morgan fingerprint density at radius 3 is 2.59 bits per heavy atom. The highest BCUT2D eigenvalue weighted by atomic mass is 19.1. The van der Waals surface area contributed by atoms with Crippen LogP contribution in [-0.2, 0) is 16.1 Å². The summed E-state index contributed by atoms with van der Waals surface area (Å²) in [5.74, 6) is -3.32. The third kappa shape index (κ3) is 3.67. The van der Waals surface area contributed by atoms with Crippen LogP contribution in [0.4, 0.5) is 4.39 Å². The summed E-state index contributed by atoms with van der Waals surface area (Å²) in [4.78, 5) is 22.2. The Kier molecular flexibility index (Phi) is 4.94. The molecular weight excluding hydrogens is 353 g/mol. The van der Waals surface area contributed by atoms with E-state index in [1.807, 2.05) is 0 Å². The van der Waals surface area contributed by atoms with E-state index >= 15 is 0 Å². The van der Waals surface area contributed by atoms with E-state index in [1.54, 1.807) is 41.1 Å². The number of carbonyl (C=O) groups excluding carboxylic acids is 1. The molecule has 0 fully saturated rings. The van der Waals surface area contributed by atoms with Gasteiger partial charge in [-0.05, 0) is 29.8 Å². The van der Waals surface area contributed by atoms with Crippen LogP contribution in [0.15, 0.2) is 54.7 Å². The monoisotopic (exact) mass is 369 g/mol. The van der Waals surface area contributed by atoms with Crippen LogP contribution in [0, 0.1) is 5.82 Å². The van der Waals surface area contributed by atoms with Crippen LogP contribution < -0.4 is 4.74 Å². The van der Waals surface area contributed by atoms with Crippen molar-refractivity contribution < 1.29 is 28.9 Å². The first-order valence-corrected chi connectivity index (χ1v) is 7.99. The number of carboxylic acids is 1. The van der Waals surface area contributed by atoms with Gasteiger partial charge in [0.1, 0.15) is 17.3 Å². The number of methoxy groups -OCH3 is 1. The summed E-state index contributed by atoms with van der Waals surface area (Å²) in [5.41, 5.74) is 1.62. The Labute approximate surface area is 153 Å². The number of rotatable bonds is 6. The van der Waals surface area contributed by atoms with Crippen LogP contribution in [0.1, 0.15) is 11.1 Å². The zero-order valence-electron chi connectivity index (χ0n) is 14.3. The summed E-state index contributed by atoms with van der Waals surface area (Å²) in [5, 5.41) is 19.6. The van der Waals surface area contributed by atoms with Crippen molar-refractivity contribution in [3.63, 3.8) is 0 Å². The highest BCUT2D eigenvalue weighted by Crippen LogP contribution is 2.34. The molecule has 2 N–H and O–H groups in total. The van der Waals surface area contributed by atoms with E-state index in [9.17, 15) is 19.1 Å². The second-order valence-corrected chi connectivity index (χ2v) is 5.85. The lowest BCUT2D eigenvalue weighted by Gasteiger charge is -2.07. The number of hydrogen-bond donors (Lipinski definition) is 2. The van der Waals surface area contributed by atoms with Crippen LogP contribution in [0.5, 0.6) is 5.75 Å². The van der Waals surface area contributed by atoms with Crippen molar-refractivity contribution >= 4 is 28.4 Å². The molecule has 0 aliphatic carbocycles. The Balaban J connectivity index is 2.16. The second-order valence-electron chi connectivity index (χ2n) is 5.85. The number of nitrogens with zero attached hydrogens (tertiary/aromatic N) is 1.